The standard InChI is InChI=1S/C13H22N2O2/c1-3-15-9-10(8-14-15)7-12(16)13(17-4-2)11-5-6-11/h8-9,11-13,16H,3-7H2,1-2H3. The predicted octanol–water partition coefficient (Wildman–Crippen LogP) is 1.62. The Kier molecular flexibility index (Phi) is 4.18. The Hall–Kier alpha value is -0.870. The monoisotopic (exact) mass is 238 g/mol. The van der Waals surface area contributed by atoms with Crippen LogP contribution < -0.4 is 0 Å². The number of aliphatic hydroxyl groups is 1. The molecule has 4 nitrogen and oxygen atoms in total. The van der Waals surface area contributed by atoms with Gasteiger partial charge in [-0.15, -0.1) is 0 Å². The summed E-state index contributed by atoms with van der Waals surface area (Å²) in [5, 5.41) is 14.4. The third-order valence-electron chi connectivity index (χ3n) is 3.28. The molecule has 1 fully saturated rings. The summed E-state index contributed by atoms with van der Waals surface area (Å²) < 4.78 is 7.54. The SMILES string of the molecule is CCOC(C(O)Cc1cnn(CC)c1)C1CC1. The average molecular weight is 238 g/mol. The molecule has 1 heterocycles. The molecule has 4 heteroatoms. The van der Waals surface area contributed by atoms with E-state index < -0.39 is 6.10 Å². The Bertz CT molecular complexity index is 347. The first kappa shape index (κ1) is 12.6. The summed E-state index contributed by atoms with van der Waals surface area (Å²) in [5.74, 6) is 0.561. The van der Waals surface area contributed by atoms with Crippen LogP contribution >= 0.6 is 0 Å². The number of ether oxygens (including phenoxy) is 1. The summed E-state index contributed by atoms with van der Waals surface area (Å²) >= 11 is 0. The topological polar surface area (TPSA) is 47.3 Å². The van der Waals surface area contributed by atoms with Crippen LogP contribution in [0.3, 0.4) is 0 Å². The minimum absolute atomic E-state index is 0.00461. The van der Waals surface area contributed by atoms with Crippen molar-refractivity contribution < 1.29 is 9.84 Å². The van der Waals surface area contributed by atoms with Crippen LogP contribution in [-0.2, 0) is 17.7 Å². The Balaban J connectivity index is 1.91. The average Bonchev–Trinajstić information content (AvgIpc) is 3.06. The van der Waals surface area contributed by atoms with E-state index in [2.05, 4.69) is 12.0 Å². The minimum Gasteiger partial charge on any atom is -0.390 e. The highest BCUT2D eigenvalue weighted by molar-refractivity contribution is 5.07. The molecule has 0 bridgehead atoms. The van der Waals surface area contributed by atoms with Crippen LogP contribution in [0.25, 0.3) is 0 Å². The molecule has 2 unspecified atom stereocenters. The zero-order chi connectivity index (χ0) is 12.3. The molecular formula is C13H22N2O2. The fourth-order valence-corrected chi connectivity index (χ4v) is 2.22. The van der Waals surface area contributed by atoms with E-state index >= 15 is 0 Å². The fraction of sp³-hybridized carbons (Fsp3) is 0.769. The Labute approximate surface area is 103 Å². The molecule has 1 aromatic rings. The number of aryl methyl sites for hydroxylation is 1. The van der Waals surface area contributed by atoms with Gasteiger partial charge in [-0.05, 0) is 38.2 Å². The first-order valence-electron chi connectivity index (χ1n) is 6.55. The van der Waals surface area contributed by atoms with Gasteiger partial charge in [-0.25, -0.2) is 0 Å². The fourth-order valence-electron chi connectivity index (χ4n) is 2.22. The van der Waals surface area contributed by atoms with Crippen LogP contribution in [0.15, 0.2) is 12.4 Å². The predicted molar refractivity (Wildman–Crippen MR) is 65.7 cm³/mol. The molecule has 1 saturated carbocycles. The van der Waals surface area contributed by atoms with Gasteiger partial charge in [0, 0.05) is 25.8 Å². The van der Waals surface area contributed by atoms with Crippen molar-refractivity contribution in [3.05, 3.63) is 18.0 Å². The molecule has 0 amide bonds. The number of hydrogen-bond donors (Lipinski definition) is 1. The maximum atomic E-state index is 10.2. The van der Waals surface area contributed by atoms with E-state index in [4.69, 9.17) is 4.74 Å². The first-order chi connectivity index (χ1) is 8.24. The Morgan fingerprint density at radius 3 is 2.82 bits per heavy atom. The molecule has 0 spiro atoms. The van der Waals surface area contributed by atoms with E-state index in [1.807, 2.05) is 24.0 Å². The molecule has 1 aromatic heterocycles. The molecule has 1 aliphatic carbocycles. The van der Waals surface area contributed by atoms with Crippen LogP contribution in [0.1, 0.15) is 32.3 Å². The van der Waals surface area contributed by atoms with Crippen molar-refractivity contribution in [1.82, 2.24) is 9.78 Å². The number of aliphatic hydroxyl groups excluding tert-OH is 1. The van der Waals surface area contributed by atoms with Crippen molar-refractivity contribution in [2.24, 2.45) is 5.92 Å². The molecule has 17 heavy (non-hydrogen) atoms. The van der Waals surface area contributed by atoms with Gasteiger partial charge in [0.15, 0.2) is 0 Å². The van der Waals surface area contributed by atoms with Crippen molar-refractivity contribution in [2.45, 2.75) is 51.9 Å². The largest absolute Gasteiger partial charge is 0.390 e. The van der Waals surface area contributed by atoms with Gasteiger partial charge in [-0.1, -0.05) is 0 Å². The highest BCUT2D eigenvalue weighted by Gasteiger charge is 2.36. The number of rotatable bonds is 7. The third kappa shape index (κ3) is 3.30. The van der Waals surface area contributed by atoms with E-state index in [1.54, 1.807) is 0 Å². The lowest BCUT2D eigenvalue weighted by Crippen LogP contribution is -2.32. The number of aromatic nitrogens is 2. The van der Waals surface area contributed by atoms with Gasteiger partial charge in [0.1, 0.15) is 0 Å². The van der Waals surface area contributed by atoms with Crippen LogP contribution in [-0.4, -0.2) is 33.7 Å². The molecule has 2 atom stereocenters. The van der Waals surface area contributed by atoms with Gasteiger partial charge >= 0.3 is 0 Å². The minimum atomic E-state index is -0.406. The molecular weight excluding hydrogens is 216 g/mol. The summed E-state index contributed by atoms with van der Waals surface area (Å²) in [6.07, 6.45) is 6.45. The van der Waals surface area contributed by atoms with E-state index in [-0.39, 0.29) is 6.10 Å². The van der Waals surface area contributed by atoms with Crippen molar-refractivity contribution in [1.29, 1.82) is 0 Å². The summed E-state index contributed by atoms with van der Waals surface area (Å²) in [7, 11) is 0. The van der Waals surface area contributed by atoms with Crippen LogP contribution in [0, 0.1) is 5.92 Å². The molecule has 2 rings (SSSR count). The van der Waals surface area contributed by atoms with Crippen molar-refractivity contribution >= 4 is 0 Å². The van der Waals surface area contributed by atoms with Gasteiger partial charge in [0.05, 0.1) is 18.4 Å². The first-order valence-corrected chi connectivity index (χ1v) is 6.55. The van der Waals surface area contributed by atoms with Crippen molar-refractivity contribution in [3.63, 3.8) is 0 Å². The summed E-state index contributed by atoms with van der Waals surface area (Å²) in [6, 6.07) is 0. The van der Waals surface area contributed by atoms with E-state index in [0.717, 1.165) is 12.1 Å². The lowest BCUT2D eigenvalue weighted by Gasteiger charge is -2.22. The quantitative estimate of drug-likeness (QED) is 0.785. The second kappa shape index (κ2) is 5.65. The maximum absolute atomic E-state index is 10.2. The van der Waals surface area contributed by atoms with Crippen LogP contribution in [0.4, 0.5) is 0 Å². The summed E-state index contributed by atoms with van der Waals surface area (Å²) in [5.41, 5.74) is 1.09. The maximum Gasteiger partial charge on any atom is 0.0865 e. The number of nitrogens with zero attached hydrogens (tertiary/aromatic N) is 2. The smallest absolute Gasteiger partial charge is 0.0865 e. The second-order valence-corrected chi connectivity index (χ2v) is 4.73. The Morgan fingerprint density at radius 2 is 2.29 bits per heavy atom. The highest BCUT2D eigenvalue weighted by Crippen LogP contribution is 2.36. The zero-order valence-corrected chi connectivity index (χ0v) is 10.7. The second-order valence-electron chi connectivity index (χ2n) is 4.73. The van der Waals surface area contributed by atoms with E-state index in [1.165, 1.54) is 12.8 Å². The number of hydrogen-bond acceptors (Lipinski definition) is 3. The zero-order valence-electron chi connectivity index (χ0n) is 10.7. The molecule has 0 radical (unpaired) electrons. The summed E-state index contributed by atoms with van der Waals surface area (Å²) in [4.78, 5) is 0. The van der Waals surface area contributed by atoms with Gasteiger partial charge < -0.3 is 9.84 Å². The molecule has 96 valence electrons. The van der Waals surface area contributed by atoms with Crippen molar-refractivity contribution in [3.8, 4) is 0 Å². The molecule has 1 N–H and O–H groups in total. The summed E-state index contributed by atoms with van der Waals surface area (Å²) in [6.45, 7) is 5.58. The normalized spacial score (nSPS) is 19.2. The molecule has 1 aliphatic rings. The van der Waals surface area contributed by atoms with Crippen molar-refractivity contribution in [2.75, 3.05) is 6.61 Å². The van der Waals surface area contributed by atoms with Gasteiger partial charge in [0.25, 0.3) is 0 Å². The highest BCUT2D eigenvalue weighted by atomic mass is 16.5. The molecule has 0 aliphatic heterocycles. The Morgan fingerprint density at radius 1 is 1.53 bits per heavy atom. The van der Waals surface area contributed by atoms with Crippen LogP contribution in [0.2, 0.25) is 0 Å². The van der Waals surface area contributed by atoms with Gasteiger partial charge in [-0.2, -0.15) is 5.10 Å². The van der Waals surface area contributed by atoms with E-state index in [0.29, 0.717) is 18.9 Å². The third-order valence-corrected chi connectivity index (χ3v) is 3.28. The van der Waals surface area contributed by atoms with Gasteiger partial charge in [0.2, 0.25) is 0 Å². The van der Waals surface area contributed by atoms with E-state index in [9.17, 15) is 5.11 Å². The molecule has 0 aromatic carbocycles. The van der Waals surface area contributed by atoms with Gasteiger partial charge in [-0.3, -0.25) is 4.68 Å². The lowest BCUT2D eigenvalue weighted by molar-refractivity contribution is -0.0439. The molecule has 0 saturated heterocycles. The lowest BCUT2D eigenvalue weighted by atomic mass is 10.0. The van der Waals surface area contributed by atoms with Crippen LogP contribution in [0.5, 0.6) is 0 Å².